The molecule has 0 fully saturated rings. The predicted molar refractivity (Wildman–Crippen MR) is 120 cm³/mol. The maximum absolute atomic E-state index is 11.6. The fourth-order valence-electron chi connectivity index (χ4n) is 3.88. The number of fused-ring (bicyclic) bond motifs is 1. The first kappa shape index (κ1) is 20.4. The van der Waals surface area contributed by atoms with Crippen LogP contribution in [0, 0.1) is 17.0 Å². The van der Waals surface area contributed by atoms with Gasteiger partial charge >= 0.3 is 0 Å². The fraction of sp³-hybridized carbons (Fsp3) is 0.182. The van der Waals surface area contributed by atoms with Crippen molar-refractivity contribution in [2.24, 2.45) is 0 Å². The van der Waals surface area contributed by atoms with Crippen molar-refractivity contribution in [2.75, 3.05) is 6.61 Å². The summed E-state index contributed by atoms with van der Waals surface area (Å²) in [6, 6.07) is 15.1. The van der Waals surface area contributed by atoms with Gasteiger partial charge in [-0.25, -0.2) is 5.10 Å². The molecular formula is C22H20N8O3. The highest BCUT2D eigenvalue weighted by atomic mass is 16.6. The van der Waals surface area contributed by atoms with Crippen LogP contribution in [0.15, 0.2) is 54.7 Å². The van der Waals surface area contributed by atoms with E-state index < -0.39 is 4.92 Å². The molecular weight excluding hydrogens is 424 g/mol. The van der Waals surface area contributed by atoms with Gasteiger partial charge in [-0.2, -0.15) is 4.98 Å². The highest BCUT2D eigenvalue weighted by Crippen LogP contribution is 2.31. The molecule has 2 aromatic carbocycles. The SMILES string of the molecule is CCOc1nc2cccc([N+](=O)[O-])c2n1Cc1ccc(-n2cc(C)cc2-c2nnn[nH]2)cc1. The second kappa shape index (κ2) is 8.19. The van der Waals surface area contributed by atoms with Gasteiger partial charge in [0, 0.05) is 18.0 Å². The standard InChI is InChI=1S/C22H20N8O3/c1-3-33-22-23-17-5-4-6-18(30(31)32)20(17)29(22)13-15-7-9-16(10-8-15)28-12-14(2)11-19(28)21-24-26-27-25-21/h4-12H,3,13H2,1-2H3,(H,24,25,26,27). The van der Waals surface area contributed by atoms with Crippen molar-refractivity contribution in [1.82, 2.24) is 34.7 Å². The predicted octanol–water partition coefficient (Wildman–Crippen LogP) is 3.67. The summed E-state index contributed by atoms with van der Waals surface area (Å²) in [4.78, 5) is 15.7. The third kappa shape index (κ3) is 3.69. The van der Waals surface area contributed by atoms with Gasteiger partial charge in [-0.3, -0.25) is 14.7 Å². The second-order valence-corrected chi connectivity index (χ2v) is 7.50. The molecule has 11 nitrogen and oxygen atoms in total. The first-order valence-corrected chi connectivity index (χ1v) is 10.3. The maximum atomic E-state index is 11.6. The first-order chi connectivity index (χ1) is 16.0. The van der Waals surface area contributed by atoms with Crippen LogP contribution in [0.1, 0.15) is 18.1 Å². The molecule has 0 atom stereocenters. The van der Waals surface area contributed by atoms with E-state index in [0.717, 1.165) is 22.5 Å². The lowest BCUT2D eigenvalue weighted by atomic mass is 10.2. The van der Waals surface area contributed by atoms with Crippen molar-refractivity contribution in [3.05, 3.63) is 76.0 Å². The number of hydrogen-bond acceptors (Lipinski definition) is 7. The Morgan fingerprint density at radius 3 is 2.70 bits per heavy atom. The Hall–Kier alpha value is -4.54. The van der Waals surface area contributed by atoms with Gasteiger partial charge in [0.1, 0.15) is 0 Å². The van der Waals surface area contributed by atoms with Crippen LogP contribution in [-0.2, 0) is 6.54 Å². The van der Waals surface area contributed by atoms with E-state index in [4.69, 9.17) is 4.74 Å². The quantitative estimate of drug-likeness (QED) is 0.299. The van der Waals surface area contributed by atoms with E-state index in [2.05, 4.69) is 25.6 Å². The molecule has 0 amide bonds. The first-order valence-electron chi connectivity index (χ1n) is 10.3. The van der Waals surface area contributed by atoms with E-state index in [1.54, 1.807) is 16.7 Å². The highest BCUT2D eigenvalue weighted by molar-refractivity contribution is 5.86. The van der Waals surface area contributed by atoms with E-state index in [-0.39, 0.29) is 5.69 Å². The molecule has 0 unspecified atom stereocenters. The topological polar surface area (TPSA) is 130 Å². The Labute approximate surface area is 187 Å². The molecule has 11 heteroatoms. The number of rotatable bonds is 7. The van der Waals surface area contributed by atoms with Crippen LogP contribution in [-0.4, -0.2) is 46.3 Å². The van der Waals surface area contributed by atoms with Crippen molar-refractivity contribution >= 4 is 16.7 Å². The van der Waals surface area contributed by atoms with Crippen LogP contribution >= 0.6 is 0 Å². The van der Waals surface area contributed by atoms with Crippen LogP contribution in [0.25, 0.3) is 28.2 Å². The summed E-state index contributed by atoms with van der Waals surface area (Å²) in [6.45, 7) is 4.64. The number of tetrazole rings is 1. The highest BCUT2D eigenvalue weighted by Gasteiger charge is 2.21. The fourth-order valence-corrected chi connectivity index (χ4v) is 3.88. The minimum absolute atomic E-state index is 0.00398. The lowest BCUT2D eigenvalue weighted by Gasteiger charge is -2.11. The molecule has 3 aromatic heterocycles. The zero-order valence-electron chi connectivity index (χ0n) is 18.0. The van der Waals surface area contributed by atoms with Gasteiger partial charge in [0.05, 0.1) is 29.3 Å². The molecule has 0 saturated heterocycles. The number of ether oxygens (including phenoxy) is 1. The zero-order chi connectivity index (χ0) is 22.9. The van der Waals surface area contributed by atoms with E-state index in [1.807, 2.05) is 54.9 Å². The largest absolute Gasteiger partial charge is 0.465 e. The van der Waals surface area contributed by atoms with E-state index in [1.165, 1.54) is 6.07 Å². The van der Waals surface area contributed by atoms with Gasteiger partial charge in [-0.05, 0) is 59.7 Å². The molecule has 0 aliphatic carbocycles. The number of aromatic nitrogens is 7. The Morgan fingerprint density at radius 2 is 2.00 bits per heavy atom. The summed E-state index contributed by atoms with van der Waals surface area (Å²) >= 11 is 0. The number of aryl methyl sites for hydroxylation is 1. The molecule has 0 saturated carbocycles. The molecule has 0 aliphatic rings. The molecule has 5 rings (SSSR count). The lowest BCUT2D eigenvalue weighted by molar-refractivity contribution is -0.383. The molecule has 33 heavy (non-hydrogen) atoms. The van der Waals surface area contributed by atoms with Crippen LogP contribution in [0.3, 0.4) is 0 Å². The summed E-state index contributed by atoms with van der Waals surface area (Å²) in [7, 11) is 0. The summed E-state index contributed by atoms with van der Waals surface area (Å²) < 4.78 is 9.44. The molecule has 3 heterocycles. The van der Waals surface area contributed by atoms with Gasteiger partial charge in [0.2, 0.25) is 0 Å². The number of nitrogens with zero attached hydrogens (tertiary/aromatic N) is 7. The number of benzene rings is 2. The van der Waals surface area contributed by atoms with Crippen molar-refractivity contribution in [2.45, 2.75) is 20.4 Å². The number of imidazole rings is 1. The van der Waals surface area contributed by atoms with Crippen LogP contribution in [0.5, 0.6) is 6.01 Å². The van der Waals surface area contributed by atoms with Crippen molar-refractivity contribution in [3.8, 4) is 23.2 Å². The Morgan fingerprint density at radius 1 is 1.18 bits per heavy atom. The maximum Gasteiger partial charge on any atom is 0.297 e. The monoisotopic (exact) mass is 444 g/mol. The van der Waals surface area contributed by atoms with E-state index in [0.29, 0.717) is 36.0 Å². The summed E-state index contributed by atoms with van der Waals surface area (Å²) in [5.41, 5.74) is 4.77. The Kier molecular flexibility index (Phi) is 5.05. The van der Waals surface area contributed by atoms with Crippen LogP contribution in [0.2, 0.25) is 0 Å². The molecule has 0 bridgehead atoms. The average Bonchev–Trinajstić information content (AvgIpc) is 3.54. The van der Waals surface area contributed by atoms with Gasteiger partial charge < -0.3 is 9.30 Å². The van der Waals surface area contributed by atoms with Crippen molar-refractivity contribution in [1.29, 1.82) is 0 Å². The smallest absolute Gasteiger partial charge is 0.297 e. The number of aromatic amines is 1. The number of para-hydroxylation sites is 1. The summed E-state index contributed by atoms with van der Waals surface area (Å²) in [5, 5.41) is 25.8. The third-order valence-corrected chi connectivity index (χ3v) is 5.28. The molecule has 0 aliphatic heterocycles. The minimum Gasteiger partial charge on any atom is -0.465 e. The normalized spacial score (nSPS) is 11.2. The number of H-pyrrole nitrogens is 1. The number of non-ortho nitro benzene ring substituents is 1. The second-order valence-electron chi connectivity index (χ2n) is 7.50. The Balaban J connectivity index is 1.52. The van der Waals surface area contributed by atoms with Gasteiger partial charge in [0.15, 0.2) is 11.3 Å². The molecule has 1 N–H and O–H groups in total. The summed E-state index contributed by atoms with van der Waals surface area (Å²) in [6.07, 6.45) is 2.01. The lowest BCUT2D eigenvalue weighted by Crippen LogP contribution is -2.06. The van der Waals surface area contributed by atoms with E-state index in [9.17, 15) is 10.1 Å². The minimum atomic E-state index is -0.395. The van der Waals surface area contributed by atoms with E-state index >= 15 is 0 Å². The Bertz CT molecular complexity index is 1430. The number of nitro benzene ring substituents is 1. The molecule has 0 radical (unpaired) electrons. The summed E-state index contributed by atoms with van der Waals surface area (Å²) in [5.74, 6) is 0.575. The van der Waals surface area contributed by atoms with Crippen LogP contribution in [0.4, 0.5) is 5.69 Å². The van der Waals surface area contributed by atoms with Gasteiger partial charge in [-0.15, -0.1) is 5.10 Å². The number of nitrogens with one attached hydrogen (secondary N) is 1. The average molecular weight is 444 g/mol. The van der Waals surface area contributed by atoms with Crippen molar-refractivity contribution < 1.29 is 9.66 Å². The van der Waals surface area contributed by atoms with Crippen molar-refractivity contribution in [3.63, 3.8) is 0 Å². The van der Waals surface area contributed by atoms with Crippen LogP contribution < -0.4 is 4.74 Å². The third-order valence-electron chi connectivity index (χ3n) is 5.28. The van der Waals surface area contributed by atoms with Gasteiger partial charge in [0.25, 0.3) is 11.7 Å². The molecule has 0 spiro atoms. The number of nitro groups is 1. The molecule has 5 aromatic rings. The number of hydrogen-bond donors (Lipinski definition) is 1. The zero-order valence-corrected chi connectivity index (χ0v) is 18.0. The molecule has 166 valence electrons. The van der Waals surface area contributed by atoms with Gasteiger partial charge in [-0.1, -0.05) is 18.2 Å².